The molecule has 0 saturated heterocycles. The van der Waals surface area contributed by atoms with E-state index in [0.29, 0.717) is 11.4 Å². The zero-order valence-corrected chi connectivity index (χ0v) is 17.6. The molecule has 2 aromatic carbocycles. The lowest BCUT2D eigenvalue weighted by atomic mass is 10.2. The molecule has 4 rings (SSSR count). The minimum absolute atomic E-state index is 0.147. The predicted molar refractivity (Wildman–Crippen MR) is 118 cm³/mol. The molecule has 0 bridgehead atoms. The van der Waals surface area contributed by atoms with E-state index >= 15 is 0 Å². The number of benzene rings is 2. The molecule has 1 aliphatic rings. The highest BCUT2D eigenvalue weighted by Crippen LogP contribution is 2.32. The van der Waals surface area contributed by atoms with Crippen LogP contribution in [0.4, 0.5) is 23.0 Å². The van der Waals surface area contributed by atoms with Crippen LogP contribution < -0.4 is 15.5 Å². The lowest BCUT2D eigenvalue weighted by molar-refractivity contribution is -0.114. The Labute approximate surface area is 178 Å². The van der Waals surface area contributed by atoms with Crippen LogP contribution in [0.2, 0.25) is 0 Å². The van der Waals surface area contributed by atoms with Gasteiger partial charge in [-0.1, -0.05) is 35.5 Å². The second-order valence-corrected chi connectivity index (χ2v) is 7.96. The van der Waals surface area contributed by atoms with E-state index < -0.39 is 0 Å². The first kappa shape index (κ1) is 20.0. The molecule has 0 spiro atoms. The van der Waals surface area contributed by atoms with Crippen LogP contribution in [0, 0.1) is 6.92 Å². The largest absolute Gasteiger partial charge is 0.326 e. The van der Waals surface area contributed by atoms with Gasteiger partial charge in [0.1, 0.15) is 0 Å². The van der Waals surface area contributed by atoms with E-state index in [-0.39, 0.29) is 17.6 Å². The van der Waals surface area contributed by atoms with Crippen molar-refractivity contribution in [2.45, 2.75) is 25.5 Å². The molecule has 0 aliphatic carbocycles. The Bertz CT molecular complexity index is 1080. The summed E-state index contributed by atoms with van der Waals surface area (Å²) in [5, 5.41) is 14.9. The maximum absolute atomic E-state index is 12.4. The van der Waals surface area contributed by atoms with Crippen LogP contribution in [0.1, 0.15) is 12.5 Å². The van der Waals surface area contributed by atoms with Crippen molar-refractivity contribution < 1.29 is 9.59 Å². The first-order chi connectivity index (χ1) is 14.5. The van der Waals surface area contributed by atoms with Gasteiger partial charge in [-0.3, -0.25) is 14.2 Å². The number of rotatable bonds is 6. The minimum atomic E-state index is -0.158. The van der Waals surface area contributed by atoms with Gasteiger partial charge in [-0.25, -0.2) is 0 Å². The number of carbonyl (C=O) groups is 2. The molecule has 2 amide bonds. The molecule has 9 heteroatoms. The fourth-order valence-corrected chi connectivity index (χ4v) is 4.02. The van der Waals surface area contributed by atoms with E-state index in [2.05, 4.69) is 56.9 Å². The number of nitrogens with zero attached hydrogens (tertiary/aromatic N) is 4. The summed E-state index contributed by atoms with van der Waals surface area (Å²) in [6.45, 7) is 5.10. The first-order valence-corrected chi connectivity index (χ1v) is 10.6. The van der Waals surface area contributed by atoms with Crippen LogP contribution in [0.5, 0.6) is 0 Å². The molecule has 154 valence electrons. The monoisotopic (exact) mass is 422 g/mol. The zero-order valence-electron chi connectivity index (χ0n) is 16.8. The average Bonchev–Trinajstić information content (AvgIpc) is 3.29. The van der Waals surface area contributed by atoms with E-state index in [9.17, 15) is 9.59 Å². The van der Waals surface area contributed by atoms with E-state index in [1.807, 2.05) is 4.57 Å². The standard InChI is InChI=1S/C21H22N6O2S/c1-14-6-8-18(9-7-14)26-10-11-27-20(26)24-25-21(27)30-13-19(29)23-17-5-3-4-16(12-17)22-15(2)28/h3-9,12H,10-11,13H2,1-2H3,(H,22,28)(H,23,29). The smallest absolute Gasteiger partial charge is 0.234 e. The summed E-state index contributed by atoms with van der Waals surface area (Å²) in [5.74, 6) is 0.706. The number of fused-ring (bicyclic) bond motifs is 1. The Morgan fingerprint density at radius 3 is 2.50 bits per heavy atom. The van der Waals surface area contributed by atoms with Gasteiger partial charge < -0.3 is 15.5 Å². The Balaban J connectivity index is 1.37. The van der Waals surface area contributed by atoms with Gasteiger partial charge in [0.05, 0.1) is 5.75 Å². The number of nitrogens with one attached hydrogen (secondary N) is 2. The number of thioether (sulfide) groups is 1. The van der Waals surface area contributed by atoms with Gasteiger partial charge in [0.15, 0.2) is 5.16 Å². The van der Waals surface area contributed by atoms with Crippen LogP contribution in [0.15, 0.2) is 53.7 Å². The summed E-state index contributed by atoms with van der Waals surface area (Å²) in [6.07, 6.45) is 0. The van der Waals surface area contributed by atoms with Gasteiger partial charge in [0, 0.05) is 37.1 Å². The molecule has 1 aliphatic heterocycles. The van der Waals surface area contributed by atoms with Gasteiger partial charge in [-0.15, -0.1) is 10.2 Å². The number of carbonyl (C=O) groups excluding carboxylic acids is 2. The highest BCUT2D eigenvalue weighted by atomic mass is 32.2. The van der Waals surface area contributed by atoms with Crippen molar-refractivity contribution in [2.24, 2.45) is 0 Å². The maximum Gasteiger partial charge on any atom is 0.234 e. The van der Waals surface area contributed by atoms with E-state index in [4.69, 9.17) is 0 Å². The Morgan fingerprint density at radius 2 is 1.77 bits per heavy atom. The summed E-state index contributed by atoms with van der Waals surface area (Å²) in [4.78, 5) is 25.7. The van der Waals surface area contributed by atoms with Crippen molar-refractivity contribution >= 4 is 46.6 Å². The molecule has 30 heavy (non-hydrogen) atoms. The highest BCUT2D eigenvalue weighted by Gasteiger charge is 2.26. The molecule has 0 fully saturated rings. The number of hydrogen-bond donors (Lipinski definition) is 2. The molecule has 3 aromatic rings. The summed E-state index contributed by atoms with van der Waals surface area (Å²) in [5.41, 5.74) is 3.56. The van der Waals surface area contributed by atoms with Crippen molar-refractivity contribution in [3.63, 3.8) is 0 Å². The topological polar surface area (TPSA) is 92.1 Å². The van der Waals surface area contributed by atoms with E-state index in [1.54, 1.807) is 24.3 Å². The summed E-state index contributed by atoms with van der Waals surface area (Å²) in [6, 6.07) is 15.4. The maximum atomic E-state index is 12.4. The normalized spacial score (nSPS) is 12.5. The average molecular weight is 423 g/mol. The number of hydrogen-bond acceptors (Lipinski definition) is 6. The first-order valence-electron chi connectivity index (χ1n) is 9.57. The van der Waals surface area contributed by atoms with Crippen LogP contribution >= 0.6 is 11.8 Å². The van der Waals surface area contributed by atoms with Crippen molar-refractivity contribution in [1.82, 2.24) is 14.8 Å². The zero-order chi connectivity index (χ0) is 21.1. The molecule has 0 radical (unpaired) electrons. The van der Waals surface area contributed by atoms with E-state index in [0.717, 1.165) is 29.9 Å². The third-order valence-corrected chi connectivity index (χ3v) is 5.60. The van der Waals surface area contributed by atoms with Crippen LogP contribution in [0.25, 0.3) is 0 Å². The molecule has 8 nitrogen and oxygen atoms in total. The molecule has 0 atom stereocenters. The van der Waals surface area contributed by atoms with Gasteiger partial charge in [0.25, 0.3) is 0 Å². The molecule has 1 aromatic heterocycles. The number of amides is 2. The SMILES string of the molecule is CC(=O)Nc1cccc(NC(=O)CSc2nnc3n2CCN3c2ccc(C)cc2)c1. The molecular weight excluding hydrogens is 400 g/mol. The van der Waals surface area contributed by atoms with Gasteiger partial charge in [0.2, 0.25) is 17.8 Å². The molecule has 0 unspecified atom stereocenters. The Kier molecular flexibility index (Phi) is 5.71. The third-order valence-electron chi connectivity index (χ3n) is 4.63. The van der Waals surface area contributed by atoms with Crippen LogP contribution in [0.3, 0.4) is 0 Å². The molecule has 0 saturated carbocycles. The van der Waals surface area contributed by atoms with Gasteiger partial charge in [-0.05, 0) is 37.3 Å². The summed E-state index contributed by atoms with van der Waals surface area (Å²) < 4.78 is 2.04. The highest BCUT2D eigenvalue weighted by molar-refractivity contribution is 7.99. The summed E-state index contributed by atoms with van der Waals surface area (Å²) >= 11 is 1.36. The lowest BCUT2D eigenvalue weighted by Crippen LogP contribution is -2.15. The predicted octanol–water partition coefficient (Wildman–Crippen LogP) is 3.43. The van der Waals surface area contributed by atoms with Crippen molar-refractivity contribution in [3.05, 3.63) is 54.1 Å². The van der Waals surface area contributed by atoms with Gasteiger partial charge >= 0.3 is 0 Å². The Morgan fingerprint density at radius 1 is 1.03 bits per heavy atom. The fourth-order valence-electron chi connectivity index (χ4n) is 3.26. The molecule has 2 heterocycles. The Hall–Kier alpha value is -3.33. The summed E-state index contributed by atoms with van der Waals surface area (Å²) in [7, 11) is 0. The van der Waals surface area contributed by atoms with Crippen LogP contribution in [-0.4, -0.2) is 38.9 Å². The van der Waals surface area contributed by atoms with Crippen molar-refractivity contribution in [2.75, 3.05) is 27.8 Å². The molecular formula is C21H22N6O2S. The van der Waals surface area contributed by atoms with Crippen molar-refractivity contribution in [1.29, 1.82) is 0 Å². The van der Waals surface area contributed by atoms with E-state index in [1.165, 1.54) is 24.2 Å². The number of aromatic nitrogens is 3. The van der Waals surface area contributed by atoms with Gasteiger partial charge in [-0.2, -0.15) is 0 Å². The van der Waals surface area contributed by atoms with Crippen molar-refractivity contribution in [3.8, 4) is 0 Å². The minimum Gasteiger partial charge on any atom is -0.326 e. The van der Waals surface area contributed by atoms with Crippen LogP contribution in [-0.2, 0) is 16.1 Å². The molecule has 2 N–H and O–H groups in total. The second-order valence-electron chi connectivity index (χ2n) is 7.02. The third kappa shape index (κ3) is 4.46. The number of aryl methyl sites for hydroxylation is 1. The lowest BCUT2D eigenvalue weighted by Gasteiger charge is -2.15. The quantitative estimate of drug-likeness (QED) is 0.592. The second kappa shape index (κ2) is 8.58. The number of anilines is 4. The fraction of sp³-hybridized carbons (Fsp3) is 0.238.